The van der Waals surface area contributed by atoms with Gasteiger partial charge in [-0.15, -0.1) is 0 Å². The van der Waals surface area contributed by atoms with E-state index in [4.69, 9.17) is 0 Å². The summed E-state index contributed by atoms with van der Waals surface area (Å²) in [4.78, 5) is 0. The fourth-order valence-electron chi connectivity index (χ4n) is 7.81. The number of benzene rings is 4. The van der Waals surface area contributed by atoms with Gasteiger partial charge >= 0.3 is 286 Å². The molecule has 0 spiro atoms. The number of hydrogen-bond acceptors (Lipinski definition) is 0. The van der Waals surface area contributed by atoms with Crippen molar-refractivity contribution in [3.05, 3.63) is 166 Å². The quantitative estimate of drug-likeness (QED) is 0.154. The van der Waals surface area contributed by atoms with Crippen molar-refractivity contribution >= 4 is 32.7 Å². The molecule has 4 aromatic carbocycles. The third-order valence-electron chi connectivity index (χ3n) is 9.84. The molecule has 0 amide bonds. The van der Waals surface area contributed by atoms with Gasteiger partial charge in [0.25, 0.3) is 0 Å². The summed E-state index contributed by atoms with van der Waals surface area (Å²) in [5.74, 6) is 9.74. The molecule has 0 nitrogen and oxygen atoms in total. The van der Waals surface area contributed by atoms with Crippen molar-refractivity contribution in [3.63, 3.8) is 0 Å². The first-order valence-electron chi connectivity index (χ1n) is 16.2. The molecular formula is C42H38Cl2P2SiZr. The van der Waals surface area contributed by atoms with Crippen LogP contribution in [0.5, 0.6) is 0 Å². The van der Waals surface area contributed by atoms with Gasteiger partial charge in [0.1, 0.15) is 0 Å². The van der Waals surface area contributed by atoms with Crippen molar-refractivity contribution in [3.8, 4) is 32.9 Å². The fourth-order valence-corrected chi connectivity index (χ4v) is 32.0. The molecule has 0 saturated carbocycles. The SMILES string of the molecule is CC1=Cc2c(cc(-c3ccccc3)cc2-p2cccc2)[C@@H]1[Zr+2]([C@H]1C(C)=Cc2c1cc(-c1ccccc1)cc2-p1cccc1)=[Si](C)C.[Cl-].[Cl-]. The predicted molar refractivity (Wildman–Crippen MR) is 202 cm³/mol. The molecule has 6 aromatic rings. The summed E-state index contributed by atoms with van der Waals surface area (Å²) in [5, 5.41) is 3.08. The van der Waals surface area contributed by atoms with E-state index in [1.54, 1.807) is 22.3 Å². The normalized spacial score (nSPS) is 15.6. The van der Waals surface area contributed by atoms with Gasteiger partial charge in [0.15, 0.2) is 0 Å². The van der Waals surface area contributed by atoms with Gasteiger partial charge in [0.2, 0.25) is 0 Å². The van der Waals surface area contributed by atoms with Gasteiger partial charge in [0.05, 0.1) is 0 Å². The van der Waals surface area contributed by atoms with E-state index in [1.807, 2.05) is 0 Å². The van der Waals surface area contributed by atoms with Crippen LogP contribution in [0.1, 0.15) is 43.4 Å². The zero-order valence-electron chi connectivity index (χ0n) is 27.7. The molecule has 0 radical (unpaired) electrons. The monoisotopic (exact) mass is 792 g/mol. The molecule has 2 heterocycles. The number of fused-ring (bicyclic) bond motifs is 2. The Kier molecular flexibility index (Phi) is 10.9. The Morgan fingerprint density at radius 1 is 0.500 bits per heavy atom. The average Bonchev–Trinajstić information content (AvgIpc) is 3.90. The largest absolute Gasteiger partial charge is 1.00 e. The second-order valence-electron chi connectivity index (χ2n) is 13.0. The molecule has 0 aliphatic heterocycles. The topological polar surface area (TPSA) is 0 Å². The Morgan fingerprint density at radius 3 is 1.23 bits per heavy atom. The van der Waals surface area contributed by atoms with Crippen molar-refractivity contribution in [1.82, 2.24) is 0 Å². The van der Waals surface area contributed by atoms with Crippen LogP contribution in [0.4, 0.5) is 0 Å². The van der Waals surface area contributed by atoms with Crippen molar-refractivity contribution in [2.24, 2.45) is 0 Å². The van der Waals surface area contributed by atoms with Crippen LogP contribution < -0.4 is 24.8 Å². The number of rotatable bonds is 6. The Bertz CT molecular complexity index is 2030. The van der Waals surface area contributed by atoms with Gasteiger partial charge in [-0.25, -0.2) is 0 Å². The van der Waals surface area contributed by atoms with E-state index >= 15 is 0 Å². The van der Waals surface area contributed by atoms with E-state index in [0.29, 0.717) is 7.25 Å². The first kappa shape index (κ1) is 35.4. The second-order valence-corrected chi connectivity index (χ2v) is 34.7. The van der Waals surface area contributed by atoms with Crippen LogP contribution >= 0.6 is 15.1 Å². The van der Waals surface area contributed by atoms with Crippen LogP contribution in [-0.2, 0) is 20.4 Å². The third-order valence-corrected chi connectivity index (χ3v) is 33.6. The van der Waals surface area contributed by atoms with E-state index < -0.39 is 40.9 Å². The molecule has 2 aliphatic rings. The van der Waals surface area contributed by atoms with Gasteiger partial charge in [-0.05, 0) is 0 Å². The van der Waals surface area contributed by atoms with Crippen molar-refractivity contribution in [2.45, 2.75) is 34.2 Å². The first-order valence-corrected chi connectivity index (χ1v) is 28.2. The van der Waals surface area contributed by atoms with Crippen LogP contribution in [0.25, 0.3) is 45.0 Å². The summed E-state index contributed by atoms with van der Waals surface area (Å²) in [6.07, 6.45) is 5.21. The number of allylic oxidation sites excluding steroid dienone is 2. The zero-order chi connectivity index (χ0) is 31.4. The van der Waals surface area contributed by atoms with Gasteiger partial charge < -0.3 is 24.8 Å². The molecule has 8 rings (SSSR count). The molecule has 48 heavy (non-hydrogen) atoms. The van der Waals surface area contributed by atoms with Crippen molar-refractivity contribution in [2.75, 3.05) is 0 Å². The standard InChI is InChI=1S/2C20H16P.C2H6Si.2ClH.Zr/c2*1-15-11-18-13-17(16-7-3-2-4-8-16)14-20(19(18)12-15)21-9-5-6-10-21;1-3-2;;;/h2*2-14H,1H3;1-2H3;2*1H;/q;;;;;+2/p-2. The summed E-state index contributed by atoms with van der Waals surface area (Å²) in [6.45, 7) is 10.2. The predicted octanol–water partition coefficient (Wildman–Crippen LogP) is 7.47. The molecule has 238 valence electrons. The summed E-state index contributed by atoms with van der Waals surface area (Å²) < 4.78 is 1.21. The van der Waals surface area contributed by atoms with E-state index in [9.17, 15) is 0 Å². The molecule has 2 aliphatic carbocycles. The molecule has 0 saturated heterocycles. The van der Waals surface area contributed by atoms with Crippen LogP contribution in [0.15, 0.2) is 144 Å². The Balaban J connectivity index is 0.00000201. The molecule has 0 N–H and O–H groups in total. The summed E-state index contributed by atoms with van der Waals surface area (Å²) in [7, 11) is -0.842. The van der Waals surface area contributed by atoms with E-state index in [0.717, 1.165) is 0 Å². The first-order chi connectivity index (χ1) is 22.5. The average molecular weight is 795 g/mol. The van der Waals surface area contributed by atoms with Crippen LogP contribution in [0.2, 0.25) is 13.1 Å². The summed E-state index contributed by atoms with van der Waals surface area (Å²) in [6, 6.07) is 41.4. The minimum atomic E-state index is -2.25. The van der Waals surface area contributed by atoms with Gasteiger partial charge in [-0.1, -0.05) is 0 Å². The van der Waals surface area contributed by atoms with Gasteiger partial charge in [-0.2, -0.15) is 0 Å². The fraction of sp³-hybridized carbons (Fsp3) is 0.143. The third kappa shape index (κ3) is 6.35. The maximum Gasteiger partial charge on any atom is -1.00 e. The van der Waals surface area contributed by atoms with Crippen molar-refractivity contribution in [1.29, 1.82) is 0 Å². The molecule has 0 fully saturated rings. The minimum Gasteiger partial charge on any atom is -1.00 e. The van der Waals surface area contributed by atoms with Gasteiger partial charge in [0, 0.05) is 0 Å². The molecule has 2 atom stereocenters. The molecule has 0 bridgehead atoms. The zero-order valence-corrected chi connectivity index (χ0v) is 34.4. The maximum absolute atomic E-state index is 2.65. The minimum absolute atomic E-state index is 0. The van der Waals surface area contributed by atoms with E-state index in [-0.39, 0.29) is 24.8 Å². The van der Waals surface area contributed by atoms with Crippen molar-refractivity contribution < 1.29 is 45.2 Å². The smallest absolute Gasteiger partial charge is 1.00 e. The molecule has 2 aromatic heterocycles. The molecule has 6 heteroatoms. The van der Waals surface area contributed by atoms with Crippen LogP contribution in [-0.4, -0.2) is 5.43 Å². The Labute approximate surface area is 308 Å². The molecule has 0 unspecified atom stereocenters. The van der Waals surface area contributed by atoms with E-state index in [1.165, 1.54) is 44.0 Å². The molecular weight excluding hydrogens is 757 g/mol. The maximum atomic E-state index is 2.65. The van der Waals surface area contributed by atoms with Crippen LogP contribution in [0, 0.1) is 0 Å². The van der Waals surface area contributed by atoms with Crippen LogP contribution in [0.3, 0.4) is 0 Å². The van der Waals surface area contributed by atoms with Gasteiger partial charge in [-0.3, -0.25) is 0 Å². The summed E-state index contributed by atoms with van der Waals surface area (Å²) >= 11 is -2.25. The second kappa shape index (κ2) is 14.8. The number of hydrogen-bond donors (Lipinski definition) is 0. The Morgan fingerprint density at radius 2 is 0.875 bits per heavy atom. The number of halogens is 2. The Hall–Kier alpha value is -2.40. The van der Waals surface area contributed by atoms with E-state index in [2.05, 4.69) is 171 Å². The summed E-state index contributed by atoms with van der Waals surface area (Å²) in [5.41, 5.74) is 14.5.